The number of carbonyl (C=O) groups excluding carboxylic acids is 1. The molecule has 0 spiro atoms. The third kappa shape index (κ3) is 2.98. The van der Waals surface area contributed by atoms with E-state index in [1.807, 2.05) is 4.90 Å². The van der Waals surface area contributed by atoms with Crippen LogP contribution in [0.4, 0.5) is 10.2 Å². The summed E-state index contributed by atoms with van der Waals surface area (Å²) in [5.74, 6) is 0.102. The molecule has 2 heterocycles. The summed E-state index contributed by atoms with van der Waals surface area (Å²) in [6.07, 6.45) is 2.42. The molecular formula is C12H15BrFN3O. The van der Waals surface area contributed by atoms with Crippen LogP contribution in [0.1, 0.15) is 13.3 Å². The zero-order valence-electron chi connectivity index (χ0n) is 10.2. The van der Waals surface area contributed by atoms with Crippen molar-refractivity contribution in [1.82, 2.24) is 9.88 Å². The molecule has 98 valence electrons. The molecule has 1 aromatic rings. The second-order valence-electron chi connectivity index (χ2n) is 4.31. The molecule has 1 saturated heterocycles. The molecule has 0 aromatic carbocycles. The summed E-state index contributed by atoms with van der Waals surface area (Å²) in [6.45, 7) is 4.24. The molecule has 0 bridgehead atoms. The van der Waals surface area contributed by atoms with Crippen LogP contribution in [0, 0.1) is 5.82 Å². The fourth-order valence-electron chi connectivity index (χ4n) is 2.08. The highest BCUT2D eigenvalue weighted by Gasteiger charge is 2.19. The van der Waals surface area contributed by atoms with Gasteiger partial charge in [-0.25, -0.2) is 9.37 Å². The Bertz CT molecular complexity index is 455. The van der Waals surface area contributed by atoms with Crippen molar-refractivity contribution in [3.05, 3.63) is 22.6 Å². The average molecular weight is 316 g/mol. The smallest absolute Gasteiger partial charge is 0.219 e. The van der Waals surface area contributed by atoms with Gasteiger partial charge >= 0.3 is 0 Å². The summed E-state index contributed by atoms with van der Waals surface area (Å²) in [5, 5.41) is 0. The van der Waals surface area contributed by atoms with E-state index in [-0.39, 0.29) is 11.7 Å². The Kier molecular flexibility index (Phi) is 4.16. The van der Waals surface area contributed by atoms with Gasteiger partial charge in [0.05, 0.1) is 0 Å². The molecule has 0 radical (unpaired) electrons. The first-order valence-electron chi connectivity index (χ1n) is 5.89. The van der Waals surface area contributed by atoms with Gasteiger partial charge in [0.2, 0.25) is 5.91 Å². The Labute approximate surface area is 114 Å². The third-order valence-corrected chi connectivity index (χ3v) is 3.46. The highest BCUT2D eigenvalue weighted by molar-refractivity contribution is 9.10. The van der Waals surface area contributed by atoms with Crippen LogP contribution in [0.25, 0.3) is 0 Å². The standard InChI is InChI=1S/C12H15BrFN3O/c1-9(18)16-3-2-4-17(6-5-16)12-11(14)7-10(13)8-15-12/h7-8H,2-6H2,1H3. The van der Waals surface area contributed by atoms with E-state index in [1.54, 1.807) is 18.0 Å². The lowest BCUT2D eigenvalue weighted by Crippen LogP contribution is -2.34. The molecular weight excluding hydrogens is 301 g/mol. The fraction of sp³-hybridized carbons (Fsp3) is 0.500. The SMILES string of the molecule is CC(=O)N1CCCN(c2ncc(Br)cc2F)CC1. The van der Waals surface area contributed by atoms with E-state index in [1.165, 1.54) is 6.07 Å². The normalized spacial score (nSPS) is 16.6. The van der Waals surface area contributed by atoms with Gasteiger partial charge in [0.15, 0.2) is 11.6 Å². The van der Waals surface area contributed by atoms with Gasteiger partial charge in [-0.3, -0.25) is 4.79 Å². The topological polar surface area (TPSA) is 36.4 Å². The van der Waals surface area contributed by atoms with E-state index in [9.17, 15) is 9.18 Å². The Morgan fingerprint density at radius 1 is 1.39 bits per heavy atom. The van der Waals surface area contributed by atoms with Crippen molar-refractivity contribution in [1.29, 1.82) is 0 Å². The number of amides is 1. The quantitative estimate of drug-likeness (QED) is 0.795. The molecule has 4 nitrogen and oxygen atoms in total. The van der Waals surface area contributed by atoms with Crippen molar-refractivity contribution >= 4 is 27.7 Å². The molecule has 1 amide bonds. The highest BCUT2D eigenvalue weighted by atomic mass is 79.9. The zero-order valence-corrected chi connectivity index (χ0v) is 11.8. The largest absolute Gasteiger partial charge is 0.352 e. The van der Waals surface area contributed by atoms with Gasteiger partial charge in [-0.05, 0) is 28.4 Å². The maximum Gasteiger partial charge on any atom is 0.219 e. The van der Waals surface area contributed by atoms with E-state index in [0.29, 0.717) is 23.4 Å². The van der Waals surface area contributed by atoms with Gasteiger partial charge in [-0.2, -0.15) is 0 Å². The highest BCUT2D eigenvalue weighted by Crippen LogP contribution is 2.21. The van der Waals surface area contributed by atoms with Gasteiger partial charge in [-0.1, -0.05) is 0 Å². The number of rotatable bonds is 1. The molecule has 1 fully saturated rings. The number of nitrogens with zero attached hydrogens (tertiary/aromatic N) is 3. The van der Waals surface area contributed by atoms with Crippen molar-refractivity contribution in [2.24, 2.45) is 0 Å². The minimum absolute atomic E-state index is 0.0705. The van der Waals surface area contributed by atoms with Gasteiger partial charge in [0, 0.05) is 43.8 Å². The molecule has 1 aliphatic heterocycles. The summed E-state index contributed by atoms with van der Waals surface area (Å²) in [5.41, 5.74) is 0. The number of halogens is 2. The van der Waals surface area contributed by atoms with E-state index in [4.69, 9.17) is 0 Å². The summed E-state index contributed by atoms with van der Waals surface area (Å²) < 4.78 is 14.4. The molecule has 0 saturated carbocycles. The Balaban J connectivity index is 2.12. The summed E-state index contributed by atoms with van der Waals surface area (Å²) >= 11 is 3.19. The predicted octanol–water partition coefficient (Wildman–Crippen LogP) is 2.04. The van der Waals surface area contributed by atoms with Crippen LogP contribution in [0.2, 0.25) is 0 Å². The van der Waals surface area contributed by atoms with Crippen LogP contribution in [-0.2, 0) is 4.79 Å². The van der Waals surface area contributed by atoms with Gasteiger partial charge in [-0.15, -0.1) is 0 Å². The first kappa shape index (κ1) is 13.3. The lowest BCUT2D eigenvalue weighted by atomic mass is 10.3. The Morgan fingerprint density at radius 2 is 2.17 bits per heavy atom. The van der Waals surface area contributed by atoms with E-state index >= 15 is 0 Å². The van der Waals surface area contributed by atoms with Crippen molar-refractivity contribution in [2.45, 2.75) is 13.3 Å². The number of anilines is 1. The van der Waals surface area contributed by atoms with Crippen molar-refractivity contribution in [2.75, 3.05) is 31.1 Å². The van der Waals surface area contributed by atoms with Gasteiger partial charge in [0.1, 0.15) is 0 Å². The summed E-state index contributed by atoms with van der Waals surface area (Å²) in [4.78, 5) is 19.1. The maximum absolute atomic E-state index is 13.8. The monoisotopic (exact) mass is 315 g/mol. The van der Waals surface area contributed by atoms with Crippen LogP contribution < -0.4 is 4.90 Å². The van der Waals surface area contributed by atoms with Gasteiger partial charge in [0.25, 0.3) is 0 Å². The molecule has 0 unspecified atom stereocenters. The minimum atomic E-state index is -0.333. The van der Waals surface area contributed by atoms with Crippen molar-refractivity contribution in [3.8, 4) is 0 Å². The second kappa shape index (κ2) is 5.65. The summed E-state index contributed by atoms with van der Waals surface area (Å²) in [7, 11) is 0. The second-order valence-corrected chi connectivity index (χ2v) is 5.22. The van der Waals surface area contributed by atoms with Crippen LogP contribution in [0.3, 0.4) is 0 Å². The first-order valence-corrected chi connectivity index (χ1v) is 6.69. The minimum Gasteiger partial charge on any atom is -0.352 e. The lowest BCUT2D eigenvalue weighted by molar-refractivity contribution is -0.128. The molecule has 18 heavy (non-hydrogen) atoms. The number of carbonyl (C=O) groups is 1. The van der Waals surface area contributed by atoms with Crippen LogP contribution in [-0.4, -0.2) is 42.0 Å². The van der Waals surface area contributed by atoms with E-state index in [2.05, 4.69) is 20.9 Å². The van der Waals surface area contributed by atoms with Crippen LogP contribution in [0.5, 0.6) is 0 Å². The molecule has 6 heteroatoms. The van der Waals surface area contributed by atoms with E-state index in [0.717, 1.165) is 19.5 Å². The van der Waals surface area contributed by atoms with Crippen molar-refractivity contribution in [3.63, 3.8) is 0 Å². The Morgan fingerprint density at radius 3 is 2.83 bits per heavy atom. The number of pyridine rings is 1. The third-order valence-electron chi connectivity index (χ3n) is 3.03. The zero-order chi connectivity index (χ0) is 13.1. The Hall–Kier alpha value is -1.17. The molecule has 0 N–H and O–H groups in total. The molecule has 1 aliphatic rings. The first-order chi connectivity index (χ1) is 8.58. The fourth-order valence-corrected chi connectivity index (χ4v) is 2.39. The summed E-state index contributed by atoms with van der Waals surface area (Å²) in [6, 6.07) is 1.41. The molecule has 0 aliphatic carbocycles. The predicted molar refractivity (Wildman–Crippen MR) is 71.0 cm³/mol. The van der Waals surface area contributed by atoms with Crippen LogP contribution in [0.15, 0.2) is 16.7 Å². The molecule has 1 aromatic heterocycles. The number of hydrogen-bond acceptors (Lipinski definition) is 3. The van der Waals surface area contributed by atoms with Crippen LogP contribution >= 0.6 is 15.9 Å². The average Bonchev–Trinajstić information content (AvgIpc) is 2.54. The maximum atomic E-state index is 13.8. The van der Waals surface area contributed by atoms with Gasteiger partial charge < -0.3 is 9.80 Å². The molecule has 0 atom stereocenters. The van der Waals surface area contributed by atoms with E-state index < -0.39 is 0 Å². The molecule has 2 rings (SSSR count). The lowest BCUT2D eigenvalue weighted by Gasteiger charge is -2.22. The number of hydrogen-bond donors (Lipinski definition) is 0. The number of aromatic nitrogens is 1. The van der Waals surface area contributed by atoms with Crippen molar-refractivity contribution < 1.29 is 9.18 Å².